The summed E-state index contributed by atoms with van der Waals surface area (Å²) in [6.45, 7) is 37.4. The van der Waals surface area contributed by atoms with Crippen LogP contribution in [0, 0.1) is 26.2 Å². The average molecular weight is 1870 g/mol. The second-order valence-corrected chi connectivity index (χ2v) is 47.5. The van der Waals surface area contributed by atoms with E-state index in [2.05, 4.69) is 135 Å². The molecule has 746 valence electrons. The molecule has 6 bridgehead atoms. The summed E-state index contributed by atoms with van der Waals surface area (Å²) < 4.78 is 68.2. The van der Waals surface area contributed by atoms with Crippen LogP contribution in [0.5, 0.6) is 28.7 Å². The lowest BCUT2D eigenvalue weighted by Crippen LogP contribution is -2.80. The molecular formula is C115H199O12P3. The van der Waals surface area contributed by atoms with Crippen molar-refractivity contribution in [2.45, 2.75) is 618 Å². The van der Waals surface area contributed by atoms with E-state index in [4.69, 9.17) is 36.2 Å². The van der Waals surface area contributed by atoms with Crippen molar-refractivity contribution in [1.82, 2.24) is 0 Å². The van der Waals surface area contributed by atoms with Gasteiger partial charge in [0.25, 0.3) is 0 Å². The zero-order valence-electron chi connectivity index (χ0n) is 87.1. The van der Waals surface area contributed by atoms with Gasteiger partial charge in [-0.2, -0.15) is 0 Å². The highest BCUT2D eigenvalue weighted by Gasteiger charge is 2.91. The van der Waals surface area contributed by atoms with Crippen LogP contribution in [0.25, 0.3) is 0 Å². The first kappa shape index (κ1) is 111. The van der Waals surface area contributed by atoms with E-state index >= 15 is 0 Å². The van der Waals surface area contributed by atoms with E-state index < -0.39 is 75.8 Å². The highest BCUT2D eigenvalue weighted by Crippen LogP contribution is 2.89. The van der Waals surface area contributed by atoms with Crippen molar-refractivity contribution in [3.05, 3.63) is 74.3 Å². The molecule has 3 N–H and O–H groups in total. The van der Waals surface area contributed by atoms with Gasteiger partial charge < -0.3 is 24.4 Å². The topological polar surface area (TPSA) is 144 Å². The van der Waals surface area contributed by atoms with E-state index in [0.717, 1.165) is 175 Å². The summed E-state index contributed by atoms with van der Waals surface area (Å²) in [5, 5.41) is 40.7. The summed E-state index contributed by atoms with van der Waals surface area (Å²) in [7, 11) is -5.72. The minimum atomic E-state index is -2.36. The van der Waals surface area contributed by atoms with Gasteiger partial charge in [0.05, 0.1) is 5.60 Å². The molecular weight excluding hydrogens is 1670 g/mol. The molecule has 0 aliphatic carbocycles. The summed E-state index contributed by atoms with van der Waals surface area (Å²) in [6.07, 6.45) is 85.2. The molecule has 0 amide bonds. The number of phenolic OH excluding ortho intramolecular Hbond substituents is 3. The number of unbranched alkanes of at least 4 members (excludes halogenated alkanes) is 60. The van der Waals surface area contributed by atoms with Crippen LogP contribution in [0.2, 0.25) is 0 Å². The van der Waals surface area contributed by atoms with Gasteiger partial charge in [0.2, 0.25) is 5.75 Å². The standard InChI is InChI=1S/C115H199O12P3/c1-17-23-29-35-41-47-53-59-65-71-77-87-110(88-78-72-66-60-54-48-42-36-30-24-18-2)112(91-81-75-69-63-57-51-45-39-33-27-21-5,96-83-85-98(116)93(7)100(96)107(10,11)12)103-102(109(16,114-122-129(123-114)124-114)115-125-130(126-115)127-115)95(9)104(118)106-105(103)119-128(120-106)121-111(89-79-73-67-61-55-49-43-37-31-25-19-3,90-80-74-68-62-56-50-44-38-32-26-20-4)113(110,92-82-76-70-64-58-52-46-40-34-28-22-6)97-84-86-99(117)94(8)101(97)108(13,14)15/h83-86,116-118H,17-82,87-92H2,1-16H3. The Bertz CT molecular complexity index is 3540. The summed E-state index contributed by atoms with van der Waals surface area (Å²) >= 11 is 0. The third kappa shape index (κ3) is 28.1. The predicted molar refractivity (Wildman–Crippen MR) is 552 cm³/mol. The van der Waals surface area contributed by atoms with Gasteiger partial charge in [-0.1, -0.05) is 519 Å². The smallest absolute Gasteiger partial charge is 0.464 e. The Balaban J connectivity index is 1.48. The van der Waals surface area contributed by atoms with Gasteiger partial charge in [0, 0.05) is 16.4 Å². The highest BCUT2D eigenvalue weighted by molar-refractivity contribution is 7.45. The van der Waals surface area contributed by atoms with Crippen LogP contribution in [-0.2, 0) is 58.7 Å². The largest absolute Gasteiger partial charge is 0.508 e. The number of benzene rings is 3. The molecule has 12 nitrogen and oxygen atoms in total. The lowest BCUT2D eigenvalue weighted by Gasteiger charge is -2.72. The molecule has 3 aromatic rings. The molecule has 0 radical (unpaired) electrons. The van der Waals surface area contributed by atoms with Crippen LogP contribution >= 0.6 is 25.8 Å². The van der Waals surface area contributed by atoms with Crippen molar-refractivity contribution in [2.75, 3.05) is 0 Å². The Hall–Kier alpha value is -2.33. The summed E-state index contributed by atoms with van der Waals surface area (Å²) in [6, 6.07) is 9.22. The molecule has 3 unspecified atom stereocenters. The van der Waals surface area contributed by atoms with Crippen molar-refractivity contribution in [1.29, 1.82) is 0 Å². The van der Waals surface area contributed by atoms with Crippen LogP contribution in [0.15, 0.2) is 24.3 Å². The molecule has 0 saturated carbocycles. The zero-order chi connectivity index (χ0) is 93.4. The average Bonchev–Trinajstić information content (AvgIpc) is 0.802. The Morgan fingerprint density at radius 2 is 0.515 bits per heavy atom. The second kappa shape index (κ2) is 56.8. The van der Waals surface area contributed by atoms with E-state index in [-0.39, 0.29) is 5.75 Å². The fourth-order valence-corrected chi connectivity index (χ4v) is 29.0. The molecule has 6 fully saturated rings. The van der Waals surface area contributed by atoms with E-state index in [1.165, 1.54) is 325 Å². The monoisotopic (exact) mass is 1870 g/mol. The van der Waals surface area contributed by atoms with Crippen LogP contribution in [0.1, 0.15) is 602 Å². The molecule has 8 heterocycles. The number of hydrogen-bond acceptors (Lipinski definition) is 12. The maximum absolute atomic E-state index is 14.2. The molecule has 0 aromatic heterocycles. The Labute approximate surface area is 803 Å². The van der Waals surface area contributed by atoms with Gasteiger partial charge in [-0.15, -0.1) is 0 Å². The Morgan fingerprint density at radius 1 is 0.262 bits per heavy atom. The number of aromatic hydroxyl groups is 3. The van der Waals surface area contributed by atoms with Crippen molar-refractivity contribution >= 4 is 25.8 Å². The zero-order valence-corrected chi connectivity index (χ0v) is 89.8. The number of hydrogen-bond donors (Lipinski definition) is 3. The summed E-state index contributed by atoms with van der Waals surface area (Å²) in [5.74, 6) is -2.01. The van der Waals surface area contributed by atoms with Gasteiger partial charge in [0.1, 0.15) is 11.5 Å². The molecule has 8 aliphatic rings. The highest BCUT2D eigenvalue weighted by atomic mass is 31.2. The van der Waals surface area contributed by atoms with E-state index in [1.54, 1.807) is 0 Å². The summed E-state index contributed by atoms with van der Waals surface area (Å²) in [5.41, 5.74) is 2.37. The van der Waals surface area contributed by atoms with Crippen molar-refractivity contribution in [3.63, 3.8) is 0 Å². The third-order valence-corrected chi connectivity index (χ3v) is 35.8. The van der Waals surface area contributed by atoms with Crippen LogP contribution in [0.3, 0.4) is 0 Å². The first-order valence-corrected chi connectivity index (χ1v) is 59.4. The van der Waals surface area contributed by atoms with Crippen molar-refractivity contribution < 1.29 is 56.0 Å². The normalized spacial score (nSPS) is 22.1. The van der Waals surface area contributed by atoms with Crippen LogP contribution in [-0.4, -0.2) is 32.9 Å². The Kier molecular flexibility index (Phi) is 48.6. The lowest BCUT2D eigenvalue weighted by atomic mass is 9.35. The van der Waals surface area contributed by atoms with Gasteiger partial charge >= 0.3 is 37.8 Å². The predicted octanol–water partition coefficient (Wildman–Crippen LogP) is 39.7. The van der Waals surface area contributed by atoms with Gasteiger partial charge in [-0.3, -0.25) is 31.7 Å². The van der Waals surface area contributed by atoms with E-state index in [0.29, 0.717) is 35.0 Å². The first-order valence-electron chi connectivity index (χ1n) is 56.1. The maximum Gasteiger partial charge on any atom is 0.464 e. The van der Waals surface area contributed by atoms with E-state index in [9.17, 15) is 19.8 Å². The second-order valence-electron chi connectivity index (χ2n) is 44.5. The van der Waals surface area contributed by atoms with Gasteiger partial charge in [0.15, 0.2) is 16.9 Å². The molecule has 11 rings (SSSR count). The SMILES string of the molecule is CCCCCCCCCCCCCC1(CCCCCCCCCCCCC)OP2Oc3c(O)c(C)c(C(C)(C45OP(O4)O5)C45OP(O4)O5)c(c3O2)C(CCCCCCCCCCCCC)(c2ccc(O)c(C)c2C(C)(C)C)C(CCCCCCCCCCCCC)(CCCCCCCCCCCCC)C1(CCCCCCCCCCCCC)c1ccc(O)c(C)c1C(C)(C)C. The molecule has 0 spiro atoms. The number of rotatable bonds is 77. The fraction of sp³-hybridized carbons (Fsp3) is 0.843. The van der Waals surface area contributed by atoms with Crippen LogP contribution in [0.4, 0.5) is 0 Å². The van der Waals surface area contributed by atoms with Gasteiger partial charge in [-0.05, 0) is 139 Å². The molecule has 3 atom stereocenters. The minimum absolute atomic E-state index is 0.00986. The first-order chi connectivity index (χ1) is 62.9. The third-order valence-electron chi connectivity index (χ3n) is 32.3. The lowest BCUT2D eigenvalue weighted by molar-refractivity contribution is -0.531. The minimum Gasteiger partial charge on any atom is -0.508 e. The molecule has 130 heavy (non-hydrogen) atoms. The number of fused-ring (bicyclic) bond motifs is 1. The molecule has 15 heteroatoms. The van der Waals surface area contributed by atoms with E-state index in [1.807, 2.05) is 0 Å². The Morgan fingerprint density at radius 3 is 0.800 bits per heavy atom. The summed E-state index contributed by atoms with van der Waals surface area (Å²) in [4.78, 5) is 0. The molecule has 8 aliphatic heterocycles. The maximum atomic E-state index is 14.2. The quantitative estimate of drug-likeness (QED) is 0.0366. The van der Waals surface area contributed by atoms with Crippen molar-refractivity contribution in [3.8, 4) is 28.7 Å². The molecule has 6 saturated heterocycles. The fourth-order valence-electron chi connectivity index (χ4n) is 25.3. The molecule has 3 aromatic carbocycles. The number of phenols is 3. The van der Waals surface area contributed by atoms with Crippen LogP contribution < -0.4 is 9.05 Å². The van der Waals surface area contributed by atoms with Crippen molar-refractivity contribution in [2.24, 2.45) is 5.41 Å². The van der Waals surface area contributed by atoms with Gasteiger partial charge in [-0.25, -0.2) is 0 Å².